The Hall–Kier alpha value is -1.11. The fraction of sp³-hybridized carbons (Fsp3) is 0.538. The highest BCUT2D eigenvalue weighted by atomic mass is 32.2. The van der Waals surface area contributed by atoms with Crippen LogP contribution in [0.25, 0.3) is 0 Å². The molecule has 0 aliphatic heterocycles. The van der Waals surface area contributed by atoms with E-state index in [2.05, 4.69) is 10.0 Å². The summed E-state index contributed by atoms with van der Waals surface area (Å²) in [6, 6.07) is 6.35. The molecule has 0 heterocycles. The van der Waals surface area contributed by atoms with Crippen LogP contribution in [0.15, 0.2) is 29.2 Å². The number of hydrogen-bond acceptors (Lipinski definition) is 4. The zero-order chi connectivity index (χ0) is 13.9. The minimum Gasteiger partial charge on any atom is -0.391 e. The Morgan fingerprint density at radius 1 is 1.21 bits per heavy atom. The van der Waals surface area contributed by atoms with Crippen molar-refractivity contribution in [3.8, 4) is 0 Å². The lowest BCUT2D eigenvalue weighted by Crippen LogP contribution is -2.45. The lowest BCUT2D eigenvalue weighted by molar-refractivity contribution is 0.101. The van der Waals surface area contributed by atoms with E-state index < -0.39 is 16.1 Å². The second kappa shape index (κ2) is 5.90. The number of benzene rings is 1. The van der Waals surface area contributed by atoms with Crippen LogP contribution in [-0.2, 0) is 10.0 Å². The number of sulfonamides is 1. The molecule has 1 saturated carbocycles. The minimum absolute atomic E-state index is 0.218. The maximum atomic E-state index is 12.4. The predicted molar refractivity (Wildman–Crippen MR) is 74.6 cm³/mol. The fourth-order valence-electron chi connectivity index (χ4n) is 2.42. The predicted octanol–water partition coefficient (Wildman–Crippen LogP) is 1.31. The summed E-state index contributed by atoms with van der Waals surface area (Å²) in [5.41, 5.74) is 0.556. The van der Waals surface area contributed by atoms with Crippen LogP contribution < -0.4 is 10.0 Å². The van der Waals surface area contributed by atoms with Gasteiger partial charge in [0.15, 0.2) is 0 Å². The molecule has 3 N–H and O–H groups in total. The quantitative estimate of drug-likeness (QED) is 0.779. The molecule has 2 unspecified atom stereocenters. The second-order valence-electron chi connectivity index (χ2n) is 4.83. The van der Waals surface area contributed by atoms with Crippen molar-refractivity contribution >= 4 is 15.7 Å². The number of para-hydroxylation sites is 1. The fourth-order valence-corrected chi connectivity index (χ4v) is 3.94. The lowest BCUT2D eigenvalue weighted by atomic mass is 9.93. The number of hydrogen-bond donors (Lipinski definition) is 3. The molecule has 0 saturated heterocycles. The number of anilines is 1. The zero-order valence-electron chi connectivity index (χ0n) is 11.0. The Kier molecular flexibility index (Phi) is 4.44. The summed E-state index contributed by atoms with van der Waals surface area (Å²) in [5, 5.41) is 12.7. The topological polar surface area (TPSA) is 78.4 Å². The van der Waals surface area contributed by atoms with Crippen LogP contribution in [0.4, 0.5) is 5.69 Å². The van der Waals surface area contributed by atoms with E-state index in [0.717, 1.165) is 12.8 Å². The molecule has 1 fully saturated rings. The highest BCUT2D eigenvalue weighted by molar-refractivity contribution is 7.89. The van der Waals surface area contributed by atoms with Gasteiger partial charge < -0.3 is 10.4 Å². The zero-order valence-corrected chi connectivity index (χ0v) is 11.8. The van der Waals surface area contributed by atoms with Crippen LogP contribution in [0.3, 0.4) is 0 Å². The first-order valence-corrected chi connectivity index (χ1v) is 8.00. The average Bonchev–Trinajstić information content (AvgIpc) is 2.41. The van der Waals surface area contributed by atoms with Crippen molar-refractivity contribution in [2.75, 3.05) is 12.4 Å². The van der Waals surface area contributed by atoms with Gasteiger partial charge in [-0.3, -0.25) is 0 Å². The summed E-state index contributed by atoms with van der Waals surface area (Å²) >= 11 is 0. The first kappa shape index (κ1) is 14.3. The minimum atomic E-state index is -3.61. The third-order valence-corrected chi connectivity index (χ3v) is 5.03. The Morgan fingerprint density at radius 3 is 2.58 bits per heavy atom. The smallest absolute Gasteiger partial charge is 0.242 e. The second-order valence-corrected chi connectivity index (χ2v) is 6.51. The van der Waals surface area contributed by atoms with Crippen molar-refractivity contribution in [3.05, 3.63) is 24.3 Å². The normalized spacial score (nSPS) is 24.1. The van der Waals surface area contributed by atoms with Gasteiger partial charge >= 0.3 is 0 Å². The molecule has 0 radical (unpaired) electrons. The van der Waals surface area contributed by atoms with Gasteiger partial charge in [0.1, 0.15) is 4.90 Å². The van der Waals surface area contributed by atoms with Gasteiger partial charge in [-0.15, -0.1) is 0 Å². The summed E-state index contributed by atoms with van der Waals surface area (Å²) in [6.07, 6.45) is 2.64. The van der Waals surface area contributed by atoms with Gasteiger partial charge in [-0.05, 0) is 25.0 Å². The molecule has 5 nitrogen and oxygen atoms in total. The van der Waals surface area contributed by atoms with E-state index in [4.69, 9.17) is 0 Å². The van der Waals surface area contributed by atoms with Gasteiger partial charge in [0, 0.05) is 13.1 Å². The summed E-state index contributed by atoms with van der Waals surface area (Å²) in [5.74, 6) is 0. The molecule has 1 aromatic rings. The van der Waals surface area contributed by atoms with Gasteiger partial charge in [0.25, 0.3) is 0 Å². The molecule has 6 heteroatoms. The van der Waals surface area contributed by atoms with Crippen molar-refractivity contribution < 1.29 is 13.5 Å². The number of nitrogens with one attached hydrogen (secondary N) is 2. The number of aliphatic hydroxyl groups is 1. The molecule has 1 aliphatic carbocycles. The van der Waals surface area contributed by atoms with Crippen molar-refractivity contribution in [1.29, 1.82) is 0 Å². The molecule has 1 aromatic carbocycles. The van der Waals surface area contributed by atoms with Crippen LogP contribution in [0.1, 0.15) is 25.7 Å². The third kappa shape index (κ3) is 3.26. The Morgan fingerprint density at radius 2 is 1.89 bits per heavy atom. The molecule has 0 amide bonds. The molecular formula is C13H20N2O3S. The van der Waals surface area contributed by atoms with Crippen LogP contribution in [0, 0.1) is 0 Å². The number of rotatable bonds is 4. The van der Waals surface area contributed by atoms with Crippen molar-refractivity contribution in [2.24, 2.45) is 0 Å². The average molecular weight is 284 g/mol. The summed E-state index contributed by atoms with van der Waals surface area (Å²) in [7, 11) is -1.92. The molecule has 0 spiro atoms. The van der Waals surface area contributed by atoms with Crippen LogP contribution in [0.5, 0.6) is 0 Å². The van der Waals surface area contributed by atoms with E-state index in [1.165, 1.54) is 0 Å². The Labute approximate surface area is 114 Å². The maximum absolute atomic E-state index is 12.4. The van der Waals surface area contributed by atoms with E-state index in [1.54, 1.807) is 31.3 Å². The van der Waals surface area contributed by atoms with Crippen molar-refractivity contribution in [1.82, 2.24) is 4.72 Å². The standard InChI is InChI=1S/C13H20N2O3S/c1-14-11-7-3-5-9-13(11)19(17,18)15-10-6-2-4-8-12(10)16/h3,5,7,9-10,12,14-16H,2,4,6,8H2,1H3. The van der Waals surface area contributed by atoms with Crippen LogP contribution in [-0.4, -0.2) is 32.7 Å². The highest BCUT2D eigenvalue weighted by Crippen LogP contribution is 2.24. The van der Waals surface area contributed by atoms with Gasteiger partial charge in [0.05, 0.1) is 11.8 Å². The third-order valence-electron chi connectivity index (χ3n) is 3.48. The summed E-state index contributed by atoms with van der Waals surface area (Å²) in [6.45, 7) is 0. The van der Waals surface area contributed by atoms with Gasteiger partial charge in [0.2, 0.25) is 10.0 Å². The lowest BCUT2D eigenvalue weighted by Gasteiger charge is -2.28. The van der Waals surface area contributed by atoms with Crippen molar-refractivity contribution in [2.45, 2.75) is 42.7 Å². The molecule has 2 rings (SSSR count). The molecule has 0 bridgehead atoms. The number of aliphatic hydroxyl groups excluding tert-OH is 1. The maximum Gasteiger partial charge on any atom is 0.242 e. The molecule has 106 valence electrons. The van der Waals surface area contributed by atoms with E-state index in [9.17, 15) is 13.5 Å². The van der Waals surface area contributed by atoms with E-state index in [-0.39, 0.29) is 10.9 Å². The van der Waals surface area contributed by atoms with E-state index >= 15 is 0 Å². The highest BCUT2D eigenvalue weighted by Gasteiger charge is 2.28. The first-order chi connectivity index (χ1) is 9.04. The monoisotopic (exact) mass is 284 g/mol. The Balaban J connectivity index is 2.22. The molecule has 19 heavy (non-hydrogen) atoms. The molecule has 1 aliphatic rings. The SMILES string of the molecule is CNc1ccccc1S(=O)(=O)NC1CCCCC1O. The summed E-state index contributed by atoms with van der Waals surface area (Å²) < 4.78 is 27.3. The Bertz CT molecular complexity index is 530. The first-order valence-electron chi connectivity index (χ1n) is 6.52. The molecule has 2 atom stereocenters. The van der Waals surface area contributed by atoms with Crippen LogP contribution >= 0.6 is 0 Å². The van der Waals surface area contributed by atoms with Gasteiger partial charge in [-0.2, -0.15) is 0 Å². The van der Waals surface area contributed by atoms with Crippen molar-refractivity contribution in [3.63, 3.8) is 0 Å². The molecular weight excluding hydrogens is 264 g/mol. The van der Waals surface area contributed by atoms with Crippen LogP contribution in [0.2, 0.25) is 0 Å². The summed E-state index contributed by atoms with van der Waals surface area (Å²) in [4.78, 5) is 0.218. The van der Waals surface area contributed by atoms with E-state index in [0.29, 0.717) is 18.5 Å². The largest absolute Gasteiger partial charge is 0.391 e. The van der Waals surface area contributed by atoms with E-state index in [1.807, 2.05) is 0 Å². The van der Waals surface area contributed by atoms with Gasteiger partial charge in [-0.25, -0.2) is 13.1 Å². The molecule has 0 aromatic heterocycles. The van der Waals surface area contributed by atoms with Gasteiger partial charge in [-0.1, -0.05) is 25.0 Å².